The van der Waals surface area contributed by atoms with Gasteiger partial charge in [0.15, 0.2) is 0 Å². The molecule has 1 rings (SSSR count). The molecule has 1 aliphatic carbocycles. The Hall–Kier alpha value is -1.06. The van der Waals surface area contributed by atoms with E-state index < -0.39 is 5.97 Å². The molecule has 0 aromatic rings. The molecule has 0 aromatic carbocycles. The molecule has 1 fully saturated rings. The second kappa shape index (κ2) is 23.1. The number of esters is 1. The van der Waals surface area contributed by atoms with E-state index in [2.05, 4.69) is 13.8 Å². The van der Waals surface area contributed by atoms with Crippen molar-refractivity contribution in [3.63, 3.8) is 0 Å². The fraction of sp³-hybridized carbons (Fsp3) is 0.938. The molecule has 0 aromatic heterocycles. The minimum absolute atomic E-state index is 0.0494. The van der Waals surface area contributed by atoms with Crippen molar-refractivity contribution >= 4 is 11.9 Å². The van der Waals surface area contributed by atoms with E-state index in [1.54, 1.807) is 0 Å². The van der Waals surface area contributed by atoms with E-state index in [9.17, 15) is 14.7 Å². The van der Waals surface area contributed by atoms with Gasteiger partial charge in [0.25, 0.3) is 0 Å². The van der Waals surface area contributed by atoms with Gasteiger partial charge in [0.05, 0.1) is 11.8 Å². The van der Waals surface area contributed by atoms with Crippen LogP contribution < -0.4 is 0 Å². The van der Waals surface area contributed by atoms with Crippen LogP contribution in [0.2, 0.25) is 0 Å². The van der Waals surface area contributed by atoms with Crippen molar-refractivity contribution in [1.82, 2.24) is 0 Å². The smallest absolute Gasteiger partial charge is 0.309 e. The van der Waals surface area contributed by atoms with Crippen LogP contribution >= 0.6 is 0 Å². The molecule has 0 bridgehead atoms. The van der Waals surface area contributed by atoms with Crippen LogP contribution in [0.4, 0.5) is 0 Å². The van der Waals surface area contributed by atoms with Crippen molar-refractivity contribution in [3.8, 4) is 0 Å². The third-order valence-electron chi connectivity index (χ3n) is 8.20. The maximum Gasteiger partial charge on any atom is 0.309 e. The Bertz CT molecular complexity index is 524. The number of aliphatic carboxylic acids is 1. The Kier molecular flexibility index (Phi) is 21.1. The number of unbranched alkanes of at least 4 members (excludes halogenated alkanes) is 17. The molecule has 0 spiro atoms. The van der Waals surface area contributed by atoms with Crippen molar-refractivity contribution in [2.24, 2.45) is 11.8 Å². The first kappa shape index (κ1) is 33.0. The molecule has 0 radical (unpaired) electrons. The third-order valence-corrected chi connectivity index (χ3v) is 8.20. The van der Waals surface area contributed by atoms with Gasteiger partial charge in [-0.2, -0.15) is 0 Å². The highest BCUT2D eigenvalue weighted by Gasteiger charge is 2.31. The van der Waals surface area contributed by atoms with Crippen molar-refractivity contribution in [2.75, 3.05) is 0 Å². The van der Waals surface area contributed by atoms with E-state index in [-0.39, 0.29) is 23.9 Å². The summed E-state index contributed by atoms with van der Waals surface area (Å²) in [5.74, 6) is -1.16. The zero-order valence-electron chi connectivity index (χ0n) is 24.1. The van der Waals surface area contributed by atoms with E-state index >= 15 is 0 Å². The molecular weight excluding hydrogens is 448 g/mol. The Morgan fingerprint density at radius 2 is 0.917 bits per heavy atom. The first-order valence-corrected chi connectivity index (χ1v) is 16.0. The van der Waals surface area contributed by atoms with E-state index in [1.165, 1.54) is 109 Å². The number of carbonyl (C=O) groups is 2. The summed E-state index contributed by atoms with van der Waals surface area (Å²) in [5.41, 5.74) is 0. The predicted octanol–water partition coefficient (Wildman–Crippen LogP) is 10.0. The largest absolute Gasteiger partial charge is 0.481 e. The highest BCUT2D eigenvalue weighted by Crippen LogP contribution is 2.30. The standard InChI is InChI=1S/C32H60O4/c1-3-5-7-9-11-13-14-15-17-19-21-23-30(22-20-18-16-12-10-8-6-4-2)36-32(35)29-26-24-28(25-27-29)31(33)34/h28-30H,3-27H2,1-2H3,(H,33,34). The van der Waals surface area contributed by atoms with E-state index in [4.69, 9.17) is 4.74 Å². The number of hydrogen-bond donors (Lipinski definition) is 1. The van der Waals surface area contributed by atoms with Gasteiger partial charge in [0.2, 0.25) is 0 Å². The molecule has 0 saturated heterocycles. The summed E-state index contributed by atoms with van der Waals surface area (Å²) in [6.07, 6.45) is 29.6. The fourth-order valence-electron chi connectivity index (χ4n) is 5.64. The van der Waals surface area contributed by atoms with Gasteiger partial charge in [-0.25, -0.2) is 0 Å². The second-order valence-corrected chi connectivity index (χ2v) is 11.5. The van der Waals surface area contributed by atoms with Crippen LogP contribution in [0.25, 0.3) is 0 Å². The van der Waals surface area contributed by atoms with Crippen LogP contribution in [0, 0.1) is 11.8 Å². The summed E-state index contributed by atoms with van der Waals surface area (Å²) in [4.78, 5) is 24.1. The fourth-order valence-corrected chi connectivity index (χ4v) is 5.64. The first-order valence-electron chi connectivity index (χ1n) is 16.0. The minimum atomic E-state index is -0.717. The quantitative estimate of drug-likeness (QED) is 0.104. The predicted molar refractivity (Wildman–Crippen MR) is 151 cm³/mol. The highest BCUT2D eigenvalue weighted by atomic mass is 16.5. The van der Waals surface area contributed by atoms with Crippen LogP contribution in [0.5, 0.6) is 0 Å². The van der Waals surface area contributed by atoms with Crippen molar-refractivity contribution in [3.05, 3.63) is 0 Å². The van der Waals surface area contributed by atoms with Crippen molar-refractivity contribution in [1.29, 1.82) is 0 Å². The maximum atomic E-state index is 12.9. The maximum absolute atomic E-state index is 12.9. The average molecular weight is 509 g/mol. The van der Waals surface area contributed by atoms with Gasteiger partial charge in [0, 0.05) is 0 Å². The summed E-state index contributed by atoms with van der Waals surface area (Å²) in [6, 6.07) is 0. The number of carbonyl (C=O) groups excluding carboxylic acids is 1. The first-order chi connectivity index (χ1) is 17.6. The normalized spacial score (nSPS) is 18.7. The van der Waals surface area contributed by atoms with Crippen LogP contribution in [0.3, 0.4) is 0 Å². The lowest BCUT2D eigenvalue weighted by Crippen LogP contribution is -2.29. The van der Waals surface area contributed by atoms with Gasteiger partial charge in [-0.15, -0.1) is 0 Å². The Morgan fingerprint density at radius 1 is 0.583 bits per heavy atom. The number of carboxylic acid groups (broad SMARTS) is 1. The van der Waals surface area contributed by atoms with E-state index in [1.807, 2.05) is 0 Å². The molecule has 4 heteroatoms. The van der Waals surface area contributed by atoms with Gasteiger partial charge >= 0.3 is 11.9 Å². The van der Waals surface area contributed by atoms with Gasteiger partial charge in [-0.05, 0) is 51.4 Å². The van der Waals surface area contributed by atoms with Crippen LogP contribution in [-0.2, 0) is 14.3 Å². The number of hydrogen-bond acceptors (Lipinski definition) is 3. The Morgan fingerprint density at radius 3 is 1.28 bits per heavy atom. The topological polar surface area (TPSA) is 63.6 Å². The summed E-state index contributed by atoms with van der Waals surface area (Å²) in [6.45, 7) is 4.53. The van der Waals surface area contributed by atoms with E-state index in [0.29, 0.717) is 25.7 Å². The Labute approximate surface area is 223 Å². The summed E-state index contributed by atoms with van der Waals surface area (Å²) in [5, 5.41) is 9.23. The molecule has 4 nitrogen and oxygen atoms in total. The van der Waals surface area contributed by atoms with Gasteiger partial charge in [-0.1, -0.05) is 123 Å². The van der Waals surface area contributed by atoms with Gasteiger partial charge in [0.1, 0.15) is 6.10 Å². The molecule has 1 N–H and O–H groups in total. The molecule has 0 aliphatic heterocycles. The molecule has 0 heterocycles. The van der Waals surface area contributed by atoms with Crippen LogP contribution in [-0.4, -0.2) is 23.1 Å². The van der Waals surface area contributed by atoms with Crippen molar-refractivity contribution < 1.29 is 19.4 Å². The molecule has 1 atom stereocenters. The van der Waals surface area contributed by atoms with Crippen LogP contribution in [0.1, 0.15) is 174 Å². The SMILES string of the molecule is CCCCCCCCCCCCCC(CCCCCCCCCC)OC(=O)C1CCC(C(=O)O)CC1. The zero-order chi connectivity index (χ0) is 26.3. The Balaban J connectivity index is 2.27. The van der Waals surface area contributed by atoms with Crippen LogP contribution in [0.15, 0.2) is 0 Å². The molecule has 1 unspecified atom stereocenters. The van der Waals surface area contributed by atoms with Gasteiger partial charge in [-0.3, -0.25) is 9.59 Å². The lowest BCUT2D eigenvalue weighted by Gasteiger charge is -2.27. The second-order valence-electron chi connectivity index (χ2n) is 11.5. The minimum Gasteiger partial charge on any atom is -0.481 e. The summed E-state index contributed by atoms with van der Waals surface area (Å²) >= 11 is 0. The van der Waals surface area contributed by atoms with Gasteiger partial charge < -0.3 is 9.84 Å². The molecular formula is C32H60O4. The lowest BCUT2D eigenvalue weighted by atomic mass is 9.82. The third kappa shape index (κ3) is 17.4. The van der Waals surface area contributed by atoms with E-state index in [0.717, 1.165) is 25.7 Å². The number of ether oxygens (including phenoxy) is 1. The molecule has 0 amide bonds. The summed E-state index contributed by atoms with van der Waals surface area (Å²) < 4.78 is 6.05. The molecule has 212 valence electrons. The zero-order valence-corrected chi connectivity index (χ0v) is 24.1. The number of rotatable bonds is 24. The molecule has 1 aliphatic rings. The average Bonchev–Trinajstić information content (AvgIpc) is 2.88. The summed E-state index contributed by atoms with van der Waals surface area (Å²) in [7, 11) is 0. The van der Waals surface area contributed by atoms with Crippen molar-refractivity contribution in [2.45, 2.75) is 180 Å². The monoisotopic (exact) mass is 508 g/mol. The molecule has 1 saturated carbocycles. The number of carboxylic acids is 1. The lowest BCUT2D eigenvalue weighted by molar-refractivity contribution is -0.158. The highest BCUT2D eigenvalue weighted by molar-refractivity contribution is 5.74. The molecule has 36 heavy (non-hydrogen) atoms.